The van der Waals surface area contributed by atoms with Crippen molar-refractivity contribution in [3.05, 3.63) is 10.3 Å². The monoisotopic (exact) mass is 259 g/mol. The van der Waals surface area contributed by atoms with Gasteiger partial charge in [-0.25, -0.2) is 0 Å². The lowest BCUT2D eigenvalue weighted by Crippen LogP contribution is -2.19. The Morgan fingerprint density at radius 3 is 2.36 bits per heavy atom. The second kappa shape index (κ2) is 5.49. The minimum Gasteiger partial charge on any atom is -0.183 e. The van der Waals surface area contributed by atoms with E-state index >= 15 is 0 Å². The van der Waals surface area contributed by atoms with Gasteiger partial charge in [-0.05, 0) is 41.6 Å². The van der Waals surface area contributed by atoms with Gasteiger partial charge in [0.25, 0.3) is 0 Å². The Morgan fingerprint density at radius 2 is 2.00 bits per heavy atom. The van der Waals surface area contributed by atoms with Gasteiger partial charge in [0.2, 0.25) is 0 Å². The molecule has 1 fully saturated rings. The van der Waals surface area contributed by atoms with E-state index in [1.165, 1.54) is 19.3 Å². The molecule has 0 spiro atoms. The largest absolute Gasteiger partial charge is 0.183 e. The Balaban J connectivity index is 0.000000461. The molecule has 80 valence electrons. The van der Waals surface area contributed by atoms with Crippen LogP contribution in [0.3, 0.4) is 0 Å². The fourth-order valence-electron chi connectivity index (χ4n) is 1.40. The third-order valence-electron chi connectivity index (χ3n) is 2.41. The molecule has 0 amide bonds. The molecular formula is C10H18BrN3. The molecule has 1 aliphatic carbocycles. The summed E-state index contributed by atoms with van der Waals surface area (Å²) < 4.78 is 0.877. The average Bonchev–Trinajstić information content (AvgIpc) is 2.43. The van der Waals surface area contributed by atoms with Crippen molar-refractivity contribution in [3.8, 4) is 0 Å². The molecule has 0 N–H and O–H groups in total. The number of aromatic nitrogens is 3. The van der Waals surface area contributed by atoms with Gasteiger partial charge >= 0.3 is 0 Å². The molecular weight excluding hydrogens is 242 g/mol. The van der Waals surface area contributed by atoms with Gasteiger partial charge in [0.1, 0.15) is 0 Å². The van der Waals surface area contributed by atoms with Crippen molar-refractivity contribution >= 4 is 15.9 Å². The number of aryl methyl sites for hydroxylation is 1. The molecule has 1 heterocycles. The van der Waals surface area contributed by atoms with Crippen LogP contribution in [0.15, 0.2) is 4.60 Å². The molecule has 0 aromatic carbocycles. The number of nitrogens with zero attached hydrogens (tertiary/aromatic N) is 3. The second-order valence-corrected chi connectivity index (χ2v) is 4.18. The van der Waals surface area contributed by atoms with E-state index in [-0.39, 0.29) is 0 Å². The summed E-state index contributed by atoms with van der Waals surface area (Å²) in [5, 5.41) is 8.54. The summed E-state index contributed by atoms with van der Waals surface area (Å²) >= 11 is 3.35. The predicted octanol–water partition coefficient (Wildman–Crippen LogP) is 3.18. The maximum Gasteiger partial charge on any atom is 0.151 e. The molecule has 2 rings (SSSR count). The molecule has 0 bridgehead atoms. The highest BCUT2D eigenvalue weighted by molar-refractivity contribution is 9.10. The summed E-state index contributed by atoms with van der Waals surface area (Å²) in [6.45, 7) is 6.96. The number of hydrogen-bond donors (Lipinski definition) is 0. The number of rotatable bonds is 2. The molecule has 3 nitrogen and oxygen atoms in total. The molecule has 1 saturated carbocycles. The molecule has 4 heteroatoms. The first-order valence-corrected chi connectivity index (χ1v) is 6.12. The molecule has 0 saturated heterocycles. The van der Waals surface area contributed by atoms with Crippen LogP contribution in [-0.2, 0) is 6.54 Å². The average molecular weight is 260 g/mol. The first-order chi connectivity index (χ1) is 6.75. The van der Waals surface area contributed by atoms with Gasteiger partial charge in [0.05, 0.1) is 12.2 Å². The van der Waals surface area contributed by atoms with E-state index in [1.807, 2.05) is 25.6 Å². The van der Waals surface area contributed by atoms with E-state index in [9.17, 15) is 0 Å². The minimum atomic E-state index is 0.823. The van der Waals surface area contributed by atoms with Crippen LogP contribution in [0.1, 0.15) is 38.8 Å². The normalized spacial score (nSPS) is 15.7. The van der Waals surface area contributed by atoms with Crippen LogP contribution < -0.4 is 0 Å². The first kappa shape index (κ1) is 11.7. The summed E-state index contributed by atoms with van der Waals surface area (Å²) in [6, 6.07) is 0. The van der Waals surface area contributed by atoms with Crippen LogP contribution in [0, 0.1) is 12.8 Å². The van der Waals surface area contributed by atoms with Crippen molar-refractivity contribution < 1.29 is 0 Å². The Hall–Kier alpha value is -0.380. The molecule has 1 aromatic heterocycles. The van der Waals surface area contributed by atoms with Crippen molar-refractivity contribution in [3.63, 3.8) is 0 Å². The van der Waals surface area contributed by atoms with Gasteiger partial charge < -0.3 is 0 Å². The zero-order valence-electron chi connectivity index (χ0n) is 9.13. The Bertz CT molecular complexity index is 259. The summed E-state index contributed by atoms with van der Waals surface area (Å²) in [6.07, 6.45) is 4.07. The molecule has 1 aromatic rings. The lowest BCUT2D eigenvalue weighted by molar-refractivity contribution is 0.253. The van der Waals surface area contributed by atoms with E-state index in [2.05, 4.69) is 26.1 Å². The molecule has 14 heavy (non-hydrogen) atoms. The van der Waals surface area contributed by atoms with Crippen LogP contribution in [0.25, 0.3) is 0 Å². The third kappa shape index (κ3) is 2.80. The number of halogens is 1. The maximum absolute atomic E-state index is 4.29. The van der Waals surface area contributed by atoms with Gasteiger partial charge in [-0.2, -0.15) is 9.90 Å². The summed E-state index contributed by atoms with van der Waals surface area (Å²) in [7, 11) is 0. The Morgan fingerprint density at radius 1 is 1.36 bits per heavy atom. The van der Waals surface area contributed by atoms with E-state index in [0.717, 1.165) is 22.8 Å². The van der Waals surface area contributed by atoms with Crippen molar-refractivity contribution in [1.82, 2.24) is 15.0 Å². The minimum absolute atomic E-state index is 0.823. The third-order valence-corrected chi connectivity index (χ3v) is 3.15. The van der Waals surface area contributed by atoms with E-state index in [0.29, 0.717) is 0 Å². The Labute approximate surface area is 94.0 Å². The SMILES string of the molecule is CC.Cc1nn(CC2CCC2)nc1Br. The second-order valence-electron chi connectivity index (χ2n) is 3.43. The van der Waals surface area contributed by atoms with Crippen molar-refractivity contribution in [1.29, 1.82) is 0 Å². The summed E-state index contributed by atoms with van der Waals surface area (Å²) in [5.74, 6) is 0.823. The summed E-state index contributed by atoms with van der Waals surface area (Å²) in [5.41, 5.74) is 0.981. The van der Waals surface area contributed by atoms with Gasteiger partial charge in [-0.15, -0.1) is 5.10 Å². The molecule has 0 radical (unpaired) electrons. The quantitative estimate of drug-likeness (QED) is 0.817. The van der Waals surface area contributed by atoms with Gasteiger partial charge in [0.15, 0.2) is 4.60 Å². The lowest BCUT2D eigenvalue weighted by Gasteiger charge is -2.24. The summed E-state index contributed by atoms with van der Waals surface area (Å²) in [4.78, 5) is 1.81. The molecule has 0 aliphatic heterocycles. The van der Waals surface area contributed by atoms with Crippen LogP contribution in [0.4, 0.5) is 0 Å². The van der Waals surface area contributed by atoms with Crippen LogP contribution in [-0.4, -0.2) is 15.0 Å². The standard InChI is InChI=1S/C8H12BrN3.C2H6/c1-6-8(9)11-12(10-6)5-7-3-2-4-7;1-2/h7H,2-5H2,1H3;1-2H3. The number of hydrogen-bond acceptors (Lipinski definition) is 2. The zero-order valence-corrected chi connectivity index (χ0v) is 10.7. The highest BCUT2D eigenvalue weighted by Crippen LogP contribution is 2.27. The Kier molecular flexibility index (Phi) is 4.58. The first-order valence-electron chi connectivity index (χ1n) is 5.33. The van der Waals surface area contributed by atoms with Crippen molar-refractivity contribution in [2.45, 2.75) is 46.6 Å². The topological polar surface area (TPSA) is 30.7 Å². The molecule has 1 aliphatic rings. The fraction of sp³-hybridized carbons (Fsp3) is 0.800. The van der Waals surface area contributed by atoms with Gasteiger partial charge in [-0.3, -0.25) is 0 Å². The van der Waals surface area contributed by atoms with Crippen LogP contribution in [0.5, 0.6) is 0 Å². The highest BCUT2D eigenvalue weighted by atomic mass is 79.9. The van der Waals surface area contributed by atoms with E-state index in [1.54, 1.807) is 0 Å². The molecule has 0 unspecified atom stereocenters. The van der Waals surface area contributed by atoms with Gasteiger partial charge in [-0.1, -0.05) is 20.3 Å². The van der Waals surface area contributed by atoms with Crippen LogP contribution >= 0.6 is 15.9 Å². The van der Waals surface area contributed by atoms with Crippen molar-refractivity contribution in [2.75, 3.05) is 0 Å². The fourth-order valence-corrected chi connectivity index (χ4v) is 1.66. The van der Waals surface area contributed by atoms with E-state index in [4.69, 9.17) is 0 Å². The highest BCUT2D eigenvalue weighted by Gasteiger charge is 2.19. The smallest absolute Gasteiger partial charge is 0.151 e. The maximum atomic E-state index is 4.29. The van der Waals surface area contributed by atoms with E-state index < -0.39 is 0 Å². The van der Waals surface area contributed by atoms with Crippen molar-refractivity contribution in [2.24, 2.45) is 5.92 Å². The predicted molar refractivity (Wildman–Crippen MR) is 61.1 cm³/mol. The van der Waals surface area contributed by atoms with Gasteiger partial charge in [0, 0.05) is 0 Å². The zero-order chi connectivity index (χ0) is 10.6. The lowest BCUT2D eigenvalue weighted by atomic mass is 9.86. The molecule has 0 atom stereocenters. The van der Waals surface area contributed by atoms with Crippen LogP contribution in [0.2, 0.25) is 0 Å².